The first-order valence-electron chi connectivity index (χ1n) is 8.98. The Balaban J connectivity index is 1.67. The van der Waals surface area contributed by atoms with Crippen molar-refractivity contribution in [1.82, 2.24) is 0 Å². The number of aliphatic hydroxyl groups is 1. The van der Waals surface area contributed by atoms with Gasteiger partial charge in [-0.2, -0.15) is 0 Å². The first-order chi connectivity index (χ1) is 11.6. The van der Waals surface area contributed by atoms with Crippen molar-refractivity contribution in [2.75, 3.05) is 23.3 Å². The van der Waals surface area contributed by atoms with Crippen LogP contribution in [0.25, 0.3) is 0 Å². The zero-order valence-electron chi connectivity index (χ0n) is 14.7. The second kappa shape index (κ2) is 7.71. The summed E-state index contributed by atoms with van der Waals surface area (Å²) >= 11 is 0. The zero-order chi connectivity index (χ0) is 16.9. The van der Waals surface area contributed by atoms with E-state index in [1.165, 1.54) is 22.5 Å². The third-order valence-corrected chi connectivity index (χ3v) is 4.84. The molecule has 3 rings (SSSR count). The van der Waals surface area contributed by atoms with Gasteiger partial charge in [0.15, 0.2) is 0 Å². The van der Waals surface area contributed by atoms with E-state index < -0.39 is 0 Å². The maximum Gasteiger partial charge on any atom is 0.0602 e. The first kappa shape index (κ1) is 16.8. The highest BCUT2D eigenvalue weighted by atomic mass is 16.3. The number of aliphatic hydroxyl groups excluding tert-OH is 1. The van der Waals surface area contributed by atoms with Gasteiger partial charge in [0.05, 0.1) is 17.5 Å². The largest absolute Gasteiger partial charge is 0.393 e. The topological polar surface area (TPSA) is 35.5 Å². The lowest BCUT2D eigenvalue weighted by Gasteiger charge is -2.33. The molecule has 24 heavy (non-hydrogen) atoms. The lowest BCUT2D eigenvalue weighted by molar-refractivity contribution is 0.145. The summed E-state index contributed by atoms with van der Waals surface area (Å²) in [6, 6.07) is 17.3. The van der Waals surface area contributed by atoms with Crippen LogP contribution in [0.4, 0.5) is 11.4 Å². The molecule has 0 radical (unpaired) electrons. The van der Waals surface area contributed by atoms with Gasteiger partial charge in [-0.25, -0.2) is 0 Å². The van der Waals surface area contributed by atoms with Gasteiger partial charge in [0.25, 0.3) is 0 Å². The van der Waals surface area contributed by atoms with E-state index in [0.29, 0.717) is 5.92 Å². The van der Waals surface area contributed by atoms with Crippen molar-refractivity contribution >= 4 is 11.4 Å². The van der Waals surface area contributed by atoms with Gasteiger partial charge in [0.1, 0.15) is 0 Å². The lowest BCUT2D eigenvalue weighted by atomic mass is 10.0. The molecule has 2 aromatic carbocycles. The van der Waals surface area contributed by atoms with Crippen LogP contribution in [0.15, 0.2) is 48.5 Å². The summed E-state index contributed by atoms with van der Waals surface area (Å²) in [4.78, 5) is 2.37. The van der Waals surface area contributed by atoms with Gasteiger partial charge in [0, 0.05) is 19.6 Å². The van der Waals surface area contributed by atoms with Gasteiger partial charge < -0.3 is 15.3 Å². The van der Waals surface area contributed by atoms with Crippen LogP contribution in [0.3, 0.4) is 0 Å². The summed E-state index contributed by atoms with van der Waals surface area (Å²) in [5.41, 5.74) is 5.08. The van der Waals surface area contributed by atoms with Gasteiger partial charge in [0.2, 0.25) is 0 Å². The minimum atomic E-state index is -0.138. The fraction of sp³-hybridized carbons (Fsp3) is 0.429. The van der Waals surface area contributed by atoms with E-state index in [2.05, 4.69) is 72.6 Å². The zero-order valence-corrected chi connectivity index (χ0v) is 14.7. The highest BCUT2D eigenvalue weighted by Crippen LogP contribution is 2.28. The van der Waals surface area contributed by atoms with Crippen LogP contribution >= 0.6 is 0 Å². The highest BCUT2D eigenvalue weighted by molar-refractivity contribution is 5.70. The van der Waals surface area contributed by atoms with Crippen LogP contribution in [0.2, 0.25) is 0 Å². The molecule has 1 saturated heterocycles. The van der Waals surface area contributed by atoms with E-state index in [4.69, 9.17) is 0 Å². The van der Waals surface area contributed by atoms with Crippen molar-refractivity contribution < 1.29 is 5.11 Å². The molecule has 0 spiro atoms. The Morgan fingerprint density at radius 2 is 1.71 bits per heavy atom. The molecule has 1 heterocycles. The van der Waals surface area contributed by atoms with Crippen LogP contribution in [-0.4, -0.2) is 24.3 Å². The number of benzene rings is 2. The number of nitrogens with zero attached hydrogens (tertiary/aromatic N) is 1. The summed E-state index contributed by atoms with van der Waals surface area (Å²) < 4.78 is 0. The number of para-hydroxylation sites is 2. The Morgan fingerprint density at radius 1 is 1.04 bits per heavy atom. The van der Waals surface area contributed by atoms with Crippen LogP contribution in [0.1, 0.15) is 43.7 Å². The molecule has 0 saturated carbocycles. The standard InChI is InChI=1S/C21H28N2O/c1-16(2)18-9-7-17(8-10-18)15-22-20-5-3-4-6-21(20)23-13-11-19(24)12-14-23/h3-10,16,19,22,24H,11-15H2,1-2H3. The predicted molar refractivity (Wildman–Crippen MR) is 102 cm³/mol. The molecule has 2 aromatic rings. The molecule has 3 nitrogen and oxygen atoms in total. The van der Waals surface area contributed by atoms with Gasteiger partial charge >= 0.3 is 0 Å². The summed E-state index contributed by atoms with van der Waals surface area (Å²) in [6.07, 6.45) is 1.57. The smallest absolute Gasteiger partial charge is 0.0602 e. The molecular weight excluding hydrogens is 296 g/mol. The number of nitrogens with one attached hydrogen (secondary N) is 1. The van der Waals surface area contributed by atoms with E-state index >= 15 is 0 Å². The molecule has 3 heteroatoms. The molecule has 1 aliphatic rings. The summed E-state index contributed by atoms with van der Waals surface area (Å²) in [6.45, 7) is 7.11. The number of rotatable bonds is 5. The molecule has 128 valence electrons. The Morgan fingerprint density at radius 3 is 2.38 bits per heavy atom. The number of piperidine rings is 1. The Hall–Kier alpha value is -2.00. The Labute approximate surface area is 145 Å². The number of hydrogen-bond donors (Lipinski definition) is 2. The third-order valence-electron chi connectivity index (χ3n) is 4.84. The molecule has 0 aliphatic carbocycles. The van der Waals surface area contributed by atoms with Gasteiger partial charge in [-0.15, -0.1) is 0 Å². The second-order valence-electron chi connectivity index (χ2n) is 6.99. The minimum Gasteiger partial charge on any atom is -0.393 e. The van der Waals surface area contributed by atoms with E-state index in [1.807, 2.05) is 0 Å². The average Bonchev–Trinajstić information content (AvgIpc) is 2.61. The Kier molecular flexibility index (Phi) is 5.41. The lowest BCUT2D eigenvalue weighted by Crippen LogP contribution is -2.36. The number of anilines is 2. The first-order valence-corrected chi connectivity index (χ1v) is 8.98. The SMILES string of the molecule is CC(C)c1ccc(CNc2ccccc2N2CCC(O)CC2)cc1. The van der Waals surface area contributed by atoms with Crippen molar-refractivity contribution in [2.24, 2.45) is 0 Å². The molecule has 0 aromatic heterocycles. The predicted octanol–water partition coefficient (Wildman–Crippen LogP) is 4.38. The molecular formula is C21H28N2O. The minimum absolute atomic E-state index is 0.138. The summed E-state index contributed by atoms with van der Waals surface area (Å²) in [7, 11) is 0. The molecule has 1 aliphatic heterocycles. The third kappa shape index (κ3) is 4.09. The maximum absolute atomic E-state index is 9.71. The molecule has 0 amide bonds. The van der Waals surface area contributed by atoms with Gasteiger partial charge in [-0.05, 0) is 42.0 Å². The van der Waals surface area contributed by atoms with Crippen molar-refractivity contribution in [1.29, 1.82) is 0 Å². The van der Waals surface area contributed by atoms with Crippen molar-refractivity contribution in [3.8, 4) is 0 Å². The van der Waals surface area contributed by atoms with Crippen LogP contribution < -0.4 is 10.2 Å². The van der Waals surface area contributed by atoms with E-state index in [0.717, 1.165) is 32.5 Å². The second-order valence-corrected chi connectivity index (χ2v) is 6.99. The molecule has 1 fully saturated rings. The fourth-order valence-corrected chi connectivity index (χ4v) is 3.22. The summed E-state index contributed by atoms with van der Waals surface area (Å²) in [5.74, 6) is 0.571. The number of hydrogen-bond acceptors (Lipinski definition) is 3. The highest BCUT2D eigenvalue weighted by Gasteiger charge is 2.19. The quantitative estimate of drug-likeness (QED) is 0.856. The maximum atomic E-state index is 9.71. The van der Waals surface area contributed by atoms with E-state index in [-0.39, 0.29) is 6.10 Å². The molecule has 0 atom stereocenters. The van der Waals surface area contributed by atoms with Crippen LogP contribution in [-0.2, 0) is 6.54 Å². The van der Waals surface area contributed by atoms with Crippen molar-refractivity contribution in [3.63, 3.8) is 0 Å². The Bertz CT molecular complexity index is 643. The van der Waals surface area contributed by atoms with E-state index in [1.54, 1.807) is 0 Å². The van der Waals surface area contributed by atoms with E-state index in [9.17, 15) is 5.11 Å². The monoisotopic (exact) mass is 324 g/mol. The normalized spacial score (nSPS) is 15.8. The van der Waals surface area contributed by atoms with Crippen LogP contribution in [0.5, 0.6) is 0 Å². The van der Waals surface area contributed by atoms with Gasteiger partial charge in [-0.1, -0.05) is 50.2 Å². The van der Waals surface area contributed by atoms with Crippen molar-refractivity contribution in [3.05, 3.63) is 59.7 Å². The average molecular weight is 324 g/mol. The summed E-state index contributed by atoms with van der Waals surface area (Å²) in [5, 5.41) is 13.3. The van der Waals surface area contributed by atoms with Crippen LogP contribution in [0, 0.1) is 0 Å². The molecule has 0 unspecified atom stereocenters. The fourth-order valence-electron chi connectivity index (χ4n) is 3.22. The molecule has 2 N–H and O–H groups in total. The molecule has 0 bridgehead atoms. The van der Waals surface area contributed by atoms with Gasteiger partial charge in [-0.3, -0.25) is 0 Å². The van der Waals surface area contributed by atoms with Crippen molar-refractivity contribution in [2.45, 2.75) is 45.3 Å².